The maximum Gasteiger partial charge on any atom is 0.325 e. The summed E-state index contributed by atoms with van der Waals surface area (Å²) in [5.41, 5.74) is 5.94. The average molecular weight is 445 g/mol. The SMILES string of the molecule is COC(=O)[C@@H](CO[Si](c1ccccc1)(c1ccccc1)C(C)(C)C)NC[C@@H](N)[C@@H](C)O. The van der Waals surface area contributed by atoms with Gasteiger partial charge < -0.3 is 25.3 Å². The van der Waals surface area contributed by atoms with Crippen LogP contribution in [0.4, 0.5) is 0 Å². The molecule has 2 rings (SSSR count). The van der Waals surface area contributed by atoms with E-state index in [0.717, 1.165) is 10.4 Å². The Morgan fingerprint density at radius 1 is 1.06 bits per heavy atom. The molecule has 170 valence electrons. The van der Waals surface area contributed by atoms with Crippen molar-refractivity contribution in [3.63, 3.8) is 0 Å². The number of carbonyl (C=O) groups is 1. The summed E-state index contributed by atoms with van der Waals surface area (Å²) in [6, 6.07) is 19.3. The summed E-state index contributed by atoms with van der Waals surface area (Å²) in [6.45, 7) is 8.57. The van der Waals surface area contributed by atoms with E-state index in [0.29, 0.717) is 0 Å². The van der Waals surface area contributed by atoms with Gasteiger partial charge in [-0.05, 0) is 22.3 Å². The van der Waals surface area contributed by atoms with Crippen molar-refractivity contribution < 1.29 is 19.1 Å². The summed E-state index contributed by atoms with van der Waals surface area (Å²) in [5, 5.41) is 14.9. The zero-order chi connectivity index (χ0) is 23.1. The first-order valence-electron chi connectivity index (χ1n) is 10.6. The Hall–Kier alpha value is -2.03. The Kier molecular flexibility index (Phi) is 8.97. The molecule has 0 aromatic heterocycles. The molecule has 6 nitrogen and oxygen atoms in total. The third kappa shape index (κ3) is 6.02. The Balaban J connectivity index is 2.43. The minimum atomic E-state index is -2.78. The van der Waals surface area contributed by atoms with Gasteiger partial charge in [0.25, 0.3) is 8.32 Å². The van der Waals surface area contributed by atoms with Crippen molar-refractivity contribution in [3.8, 4) is 0 Å². The molecule has 31 heavy (non-hydrogen) atoms. The van der Waals surface area contributed by atoms with Crippen molar-refractivity contribution in [1.29, 1.82) is 0 Å². The first-order valence-corrected chi connectivity index (χ1v) is 12.5. The monoisotopic (exact) mass is 444 g/mol. The van der Waals surface area contributed by atoms with Crippen LogP contribution < -0.4 is 21.4 Å². The quantitative estimate of drug-likeness (QED) is 0.379. The third-order valence-electron chi connectivity index (χ3n) is 5.59. The molecule has 0 bridgehead atoms. The van der Waals surface area contributed by atoms with Crippen LogP contribution in [0.3, 0.4) is 0 Å². The van der Waals surface area contributed by atoms with Crippen LogP contribution in [-0.4, -0.2) is 57.8 Å². The Labute approximate surface area is 186 Å². The Bertz CT molecular complexity index is 770. The van der Waals surface area contributed by atoms with Crippen LogP contribution in [0.5, 0.6) is 0 Å². The second kappa shape index (κ2) is 11.0. The standard InChI is InChI=1S/C24H36N2O4Si/c1-18(27)21(25)16-26-22(23(28)29-5)17-30-31(24(2,3)4,19-12-8-6-9-13-19)20-14-10-7-11-15-20/h6-15,18,21-22,26-27H,16-17,25H2,1-5H3/t18-,21-,22-/m1/s1. The molecular formula is C24H36N2O4Si. The molecule has 3 atom stereocenters. The maximum atomic E-state index is 12.5. The molecule has 0 aliphatic carbocycles. The second-order valence-corrected chi connectivity index (χ2v) is 13.2. The van der Waals surface area contributed by atoms with Gasteiger partial charge in [0, 0.05) is 12.6 Å². The number of hydrogen-bond acceptors (Lipinski definition) is 6. The number of hydrogen-bond donors (Lipinski definition) is 3. The molecule has 0 aliphatic rings. The first-order chi connectivity index (χ1) is 14.6. The predicted octanol–water partition coefficient (Wildman–Crippen LogP) is 1.40. The number of methoxy groups -OCH3 is 1. The van der Waals surface area contributed by atoms with Gasteiger partial charge in [-0.2, -0.15) is 0 Å². The van der Waals surface area contributed by atoms with Crippen LogP contribution in [0.2, 0.25) is 5.04 Å². The summed E-state index contributed by atoms with van der Waals surface area (Å²) in [7, 11) is -1.42. The number of esters is 1. The van der Waals surface area contributed by atoms with Gasteiger partial charge in [-0.15, -0.1) is 0 Å². The molecule has 2 aromatic rings. The van der Waals surface area contributed by atoms with E-state index in [1.807, 2.05) is 36.4 Å². The van der Waals surface area contributed by atoms with Gasteiger partial charge in [0.2, 0.25) is 0 Å². The molecule has 0 saturated carbocycles. The van der Waals surface area contributed by atoms with Crippen molar-refractivity contribution in [3.05, 3.63) is 60.7 Å². The highest BCUT2D eigenvalue weighted by Gasteiger charge is 2.50. The summed E-state index contributed by atoms with van der Waals surface area (Å²) < 4.78 is 11.8. The van der Waals surface area contributed by atoms with Crippen molar-refractivity contribution in [2.24, 2.45) is 5.73 Å². The fraction of sp³-hybridized carbons (Fsp3) is 0.458. The lowest BCUT2D eigenvalue weighted by molar-refractivity contribution is -0.144. The first kappa shape index (κ1) is 25.2. The van der Waals surface area contributed by atoms with Gasteiger partial charge in [-0.25, -0.2) is 0 Å². The molecule has 7 heteroatoms. The summed E-state index contributed by atoms with van der Waals surface area (Å²) in [4.78, 5) is 12.5. The van der Waals surface area contributed by atoms with Gasteiger partial charge in [-0.1, -0.05) is 81.4 Å². The molecule has 2 aromatic carbocycles. The van der Waals surface area contributed by atoms with Gasteiger partial charge >= 0.3 is 5.97 Å². The van der Waals surface area contributed by atoms with Gasteiger partial charge in [0.1, 0.15) is 6.04 Å². The van der Waals surface area contributed by atoms with E-state index < -0.39 is 32.5 Å². The van der Waals surface area contributed by atoms with Crippen LogP contribution in [0.15, 0.2) is 60.7 Å². The fourth-order valence-electron chi connectivity index (χ4n) is 3.77. The molecular weight excluding hydrogens is 408 g/mol. The molecule has 0 amide bonds. The van der Waals surface area contributed by atoms with Gasteiger partial charge in [0.15, 0.2) is 0 Å². The van der Waals surface area contributed by atoms with Gasteiger partial charge in [0.05, 0.1) is 19.8 Å². The van der Waals surface area contributed by atoms with Crippen LogP contribution in [0.1, 0.15) is 27.7 Å². The zero-order valence-corrected chi connectivity index (χ0v) is 20.2. The number of aliphatic hydroxyl groups excluding tert-OH is 1. The number of ether oxygens (including phenoxy) is 1. The molecule has 0 unspecified atom stereocenters. The Morgan fingerprint density at radius 3 is 1.94 bits per heavy atom. The van der Waals surface area contributed by atoms with E-state index in [9.17, 15) is 9.90 Å². The highest BCUT2D eigenvalue weighted by molar-refractivity contribution is 6.99. The maximum absolute atomic E-state index is 12.5. The van der Waals surface area contributed by atoms with Crippen molar-refractivity contribution in [2.75, 3.05) is 20.3 Å². The highest BCUT2D eigenvalue weighted by atomic mass is 28.4. The van der Waals surface area contributed by atoms with Gasteiger partial charge in [-0.3, -0.25) is 4.79 Å². The lowest BCUT2D eigenvalue weighted by atomic mass is 10.2. The van der Waals surface area contributed by atoms with Crippen molar-refractivity contribution in [2.45, 2.75) is 50.9 Å². The fourth-order valence-corrected chi connectivity index (χ4v) is 8.34. The topological polar surface area (TPSA) is 93.8 Å². The van der Waals surface area contributed by atoms with E-state index in [2.05, 4.69) is 50.4 Å². The van der Waals surface area contributed by atoms with Crippen molar-refractivity contribution >= 4 is 24.7 Å². The molecule has 0 radical (unpaired) electrons. The number of rotatable bonds is 10. The van der Waals surface area contributed by atoms with E-state index in [1.165, 1.54) is 7.11 Å². The Morgan fingerprint density at radius 2 is 1.55 bits per heavy atom. The van der Waals surface area contributed by atoms with Crippen LogP contribution in [0.25, 0.3) is 0 Å². The number of carbonyl (C=O) groups excluding carboxylic acids is 1. The number of nitrogens with one attached hydrogen (secondary N) is 1. The highest BCUT2D eigenvalue weighted by Crippen LogP contribution is 2.36. The smallest absolute Gasteiger partial charge is 0.325 e. The van der Waals surface area contributed by atoms with E-state index in [1.54, 1.807) is 6.92 Å². The lowest BCUT2D eigenvalue weighted by Crippen LogP contribution is -2.67. The lowest BCUT2D eigenvalue weighted by Gasteiger charge is -2.43. The van der Waals surface area contributed by atoms with E-state index in [4.69, 9.17) is 14.9 Å². The third-order valence-corrected chi connectivity index (χ3v) is 10.6. The average Bonchev–Trinajstić information content (AvgIpc) is 2.75. The van der Waals surface area contributed by atoms with E-state index >= 15 is 0 Å². The minimum Gasteiger partial charge on any atom is -0.468 e. The molecule has 0 saturated heterocycles. The zero-order valence-electron chi connectivity index (χ0n) is 19.2. The summed E-state index contributed by atoms with van der Waals surface area (Å²) in [6.07, 6.45) is -0.691. The predicted molar refractivity (Wildman–Crippen MR) is 127 cm³/mol. The molecule has 0 spiro atoms. The molecule has 0 heterocycles. The summed E-state index contributed by atoms with van der Waals surface area (Å²) in [5.74, 6) is -0.421. The molecule has 0 fully saturated rings. The van der Waals surface area contributed by atoms with E-state index in [-0.39, 0.29) is 18.2 Å². The van der Waals surface area contributed by atoms with Crippen LogP contribution in [0, 0.1) is 0 Å². The number of nitrogens with two attached hydrogens (primary N) is 1. The van der Waals surface area contributed by atoms with Crippen LogP contribution in [-0.2, 0) is 14.0 Å². The molecule has 4 N–H and O–H groups in total. The molecule has 0 aliphatic heterocycles. The number of aliphatic hydroxyl groups is 1. The summed E-state index contributed by atoms with van der Waals surface area (Å²) >= 11 is 0. The second-order valence-electron chi connectivity index (χ2n) is 8.86. The van der Waals surface area contributed by atoms with Crippen molar-refractivity contribution in [1.82, 2.24) is 5.32 Å². The van der Waals surface area contributed by atoms with Crippen LogP contribution >= 0.6 is 0 Å². The number of benzene rings is 2. The minimum absolute atomic E-state index is 0.131. The normalized spacial score (nSPS) is 15.2. The largest absolute Gasteiger partial charge is 0.468 e.